The second-order valence-electron chi connectivity index (χ2n) is 5.67. The predicted molar refractivity (Wildman–Crippen MR) is 94.4 cm³/mol. The Bertz CT molecular complexity index is 809. The van der Waals surface area contributed by atoms with Gasteiger partial charge in [0.15, 0.2) is 0 Å². The molecule has 0 aliphatic rings. The molecule has 0 bridgehead atoms. The third-order valence-electron chi connectivity index (χ3n) is 3.99. The van der Waals surface area contributed by atoms with E-state index in [9.17, 15) is 10.0 Å². The van der Waals surface area contributed by atoms with Gasteiger partial charge in [-0.15, -0.1) is 0 Å². The number of nitrogens with zero attached hydrogens (tertiary/aromatic N) is 1. The zero-order chi connectivity index (χ0) is 16.4. The van der Waals surface area contributed by atoms with Crippen LogP contribution in [0.15, 0.2) is 60.8 Å². The van der Waals surface area contributed by atoms with E-state index in [2.05, 4.69) is 29.2 Å². The molecule has 1 aromatic heterocycles. The first-order chi connectivity index (χ1) is 11.1. The van der Waals surface area contributed by atoms with Crippen molar-refractivity contribution in [1.82, 2.24) is 4.98 Å². The maximum atomic E-state index is 9.60. The Kier molecular flexibility index (Phi) is 4.28. The van der Waals surface area contributed by atoms with E-state index in [1.54, 1.807) is 18.3 Å². The van der Waals surface area contributed by atoms with Crippen LogP contribution in [0.2, 0.25) is 0 Å². The largest absolute Gasteiger partial charge is 0.490 e. The zero-order valence-electron chi connectivity index (χ0n) is 13.2. The summed E-state index contributed by atoms with van der Waals surface area (Å²) >= 11 is 0. The third kappa shape index (κ3) is 3.04. The molecule has 23 heavy (non-hydrogen) atoms. The van der Waals surface area contributed by atoms with Crippen LogP contribution >= 0.6 is 0 Å². The van der Waals surface area contributed by atoms with E-state index in [1.165, 1.54) is 0 Å². The monoisotopic (exact) mass is 303 g/mol. The molecule has 0 radical (unpaired) electrons. The molecule has 0 atom stereocenters. The lowest BCUT2D eigenvalue weighted by atomic mass is 9.76. The van der Waals surface area contributed by atoms with Crippen molar-refractivity contribution in [3.8, 4) is 22.4 Å². The van der Waals surface area contributed by atoms with Crippen molar-refractivity contribution in [2.24, 2.45) is 0 Å². The van der Waals surface area contributed by atoms with E-state index in [0.717, 1.165) is 27.8 Å². The van der Waals surface area contributed by atoms with Crippen LogP contribution in [-0.2, 0) is 0 Å². The Hall–Kier alpha value is -2.43. The summed E-state index contributed by atoms with van der Waals surface area (Å²) in [7, 11) is -1.54. The van der Waals surface area contributed by atoms with Crippen LogP contribution in [0.3, 0.4) is 0 Å². The summed E-state index contributed by atoms with van der Waals surface area (Å²) in [5, 5.41) is 19.2. The number of pyridine rings is 1. The number of hydrogen-bond acceptors (Lipinski definition) is 3. The highest BCUT2D eigenvalue weighted by Crippen LogP contribution is 2.30. The normalized spacial score (nSPS) is 10.6. The summed E-state index contributed by atoms with van der Waals surface area (Å²) < 4.78 is 0. The lowest BCUT2D eigenvalue weighted by Crippen LogP contribution is -2.32. The van der Waals surface area contributed by atoms with E-state index in [0.29, 0.717) is 11.2 Å². The number of rotatable bonds is 3. The molecule has 2 N–H and O–H groups in total. The van der Waals surface area contributed by atoms with Crippen molar-refractivity contribution in [2.45, 2.75) is 13.8 Å². The molecule has 114 valence electrons. The topological polar surface area (TPSA) is 53.4 Å². The number of hydrogen-bond donors (Lipinski definition) is 2. The molecule has 2 aromatic carbocycles. The molecular weight excluding hydrogens is 285 g/mol. The molecule has 1 heterocycles. The minimum Gasteiger partial charge on any atom is -0.423 e. The molecule has 0 unspecified atom stereocenters. The summed E-state index contributed by atoms with van der Waals surface area (Å²) in [6.45, 7) is 4.05. The maximum Gasteiger partial charge on any atom is 0.490 e. The second kappa shape index (κ2) is 6.36. The van der Waals surface area contributed by atoms with Crippen molar-refractivity contribution in [1.29, 1.82) is 0 Å². The van der Waals surface area contributed by atoms with E-state index < -0.39 is 7.12 Å². The lowest BCUT2D eigenvalue weighted by Gasteiger charge is -2.15. The summed E-state index contributed by atoms with van der Waals surface area (Å²) in [6.07, 6.45) is 1.67. The van der Waals surface area contributed by atoms with Gasteiger partial charge in [-0.25, -0.2) is 0 Å². The standard InChI is InChI=1S/C19H18BNO2/c1-13-11-16(15-7-4-3-5-8-15)12-14(2)18(13)19-17(20(22)23)9-6-10-21-19/h3-12,22-23H,1-2H3. The van der Waals surface area contributed by atoms with Crippen LogP contribution in [0.4, 0.5) is 0 Å². The highest BCUT2D eigenvalue weighted by molar-refractivity contribution is 6.60. The average molecular weight is 303 g/mol. The molecule has 0 spiro atoms. The van der Waals surface area contributed by atoms with E-state index in [4.69, 9.17) is 0 Å². The third-order valence-corrected chi connectivity index (χ3v) is 3.99. The SMILES string of the molecule is Cc1cc(-c2ccccc2)cc(C)c1-c1ncccc1B(O)O. The molecule has 0 aliphatic carbocycles. The van der Waals surface area contributed by atoms with Crippen molar-refractivity contribution in [3.63, 3.8) is 0 Å². The molecule has 3 aromatic rings. The maximum absolute atomic E-state index is 9.60. The Morgan fingerprint density at radius 1 is 0.826 bits per heavy atom. The fourth-order valence-corrected chi connectivity index (χ4v) is 2.97. The van der Waals surface area contributed by atoms with Gasteiger partial charge in [0.05, 0.1) is 5.69 Å². The fourth-order valence-electron chi connectivity index (χ4n) is 2.97. The lowest BCUT2D eigenvalue weighted by molar-refractivity contribution is 0.426. The molecular formula is C19H18BNO2. The molecule has 0 fully saturated rings. The Labute approximate surface area is 136 Å². The van der Waals surface area contributed by atoms with Gasteiger partial charge >= 0.3 is 7.12 Å². The first-order valence-electron chi connectivity index (χ1n) is 7.56. The van der Waals surface area contributed by atoms with Crippen LogP contribution in [0.25, 0.3) is 22.4 Å². The summed E-state index contributed by atoms with van der Waals surface area (Å²) in [6, 6.07) is 17.8. The molecule has 3 rings (SSSR count). The second-order valence-corrected chi connectivity index (χ2v) is 5.67. The van der Waals surface area contributed by atoms with Gasteiger partial charge in [0, 0.05) is 17.2 Å². The van der Waals surface area contributed by atoms with Crippen LogP contribution < -0.4 is 5.46 Å². The summed E-state index contributed by atoms with van der Waals surface area (Å²) in [4.78, 5) is 4.37. The van der Waals surface area contributed by atoms with Crippen LogP contribution in [-0.4, -0.2) is 22.2 Å². The first kappa shape index (κ1) is 15.5. The average Bonchev–Trinajstić information content (AvgIpc) is 2.55. The van der Waals surface area contributed by atoms with Gasteiger partial charge in [-0.2, -0.15) is 0 Å². The molecule has 0 saturated heterocycles. The van der Waals surface area contributed by atoms with Gasteiger partial charge in [0.1, 0.15) is 0 Å². The smallest absolute Gasteiger partial charge is 0.423 e. The van der Waals surface area contributed by atoms with E-state index in [1.807, 2.05) is 32.0 Å². The van der Waals surface area contributed by atoms with Crippen molar-refractivity contribution >= 4 is 12.6 Å². The molecule has 3 nitrogen and oxygen atoms in total. The Morgan fingerprint density at radius 3 is 2.09 bits per heavy atom. The van der Waals surface area contributed by atoms with Gasteiger partial charge in [-0.3, -0.25) is 4.98 Å². The van der Waals surface area contributed by atoms with Crippen molar-refractivity contribution in [2.75, 3.05) is 0 Å². The van der Waals surface area contributed by atoms with Gasteiger partial charge < -0.3 is 10.0 Å². The quantitative estimate of drug-likeness (QED) is 0.732. The molecule has 0 saturated carbocycles. The Morgan fingerprint density at radius 2 is 1.48 bits per heavy atom. The van der Waals surface area contributed by atoms with Gasteiger partial charge in [0.25, 0.3) is 0 Å². The Balaban J connectivity index is 2.16. The predicted octanol–water partition coefficient (Wildman–Crippen LogP) is 2.71. The number of benzene rings is 2. The van der Waals surface area contributed by atoms with Gasteiger partial charge in [0.2, 0.25) is 0 Å². The van der Waals surface area contributed by atoms with E-state index in [-0.39, 0.29) is 0 Å². The number of aryl methyl sites for hydroxylation is 2. The summed E-state index contributed by atoms with van der Waals surface area (Å²) in [5.74, 6) is 0. The van der Waals surface area contributed by atoms with Crippen LogP contribution in [0, 0.1) is 13.8 Å². The first-order valence-corrected chi connectivity index (χ1v) is 7.56. The molecule has 4 heteroatoms. The highest BCUT2D eigenvalue weighted by atomic mass is 16.4. The van der Waals surface area contributed by atoms with Crippen LogP contribution in [0.5, 0.6) is 0 Å². The summed E-state index contributed by atoms with van der Waals surface area (Å²) in [5.41, 5.74) is 6.42. The zero-order valence-corrected chi connectivity index (χ0v) is 13.2. The van der Waals surface area contributed by atoms with Crippen molar-refractivity contribution in [3.05, 3.63) is 71.9 Å². The van der Waals surface area contributed by atoms with Crippen LogP contribution in [0.1, 0.15) is 11.1 Å². The molecule has 0 aliphatic heterocycles. The van der Waals surface area contributed by atoms with Crippen molar-refractivity contribution < 1.29 is 10.0 Å². The fraction of sp³-hybridized carbons (Fsp3) is 0.105. The van der Waals surface area contributed by atoms with E-state index >= 15 is 0 Å². The minimum atomic E-state index is -1.54. The highest BCUT2D eigenvalue weighted by Gasteiger charge is 2.20. The van der Waals surface area contributed by atoms with Gasteiger partial charge in [-0.1, -0.05) is 48.5 Å². The van der Waals surface area contributed by atoms with Gasteiger partial charge in [-0.05, 0) is 42.2 Å². The molecule has 0 amide bonds. The minimum absolute atomic E-state index is 0.422. The number of aromatic nitrogens is 1.